The Morgan fingerprint density at radius 2 is 1.94 bits per heavy atom. The Bertz CT molecular complexity index is 339. The first-order valence-corrected chi connectivity index (χ1v) is 7.53. The van der Waals surface area contributed by atoms with E-state index in [1.807, 2.05) is 18.7 Å². The molecule has 2 nitrogen and oxygen atoms in total. The first-order valence-electron chi connectivity index (χ1n) is 6.14. The molecule has 3 heteroatoms. The zero-order valence-electron chi connectivity index (χ0n) is 11.3. The number of hydrogen-bond donors (Lipinski definition) is 1. The molecule has 2 N–H and O–H groups in total. The lowest BCUT2D eigenvalue weighted by Crippen LogP contribution is -2.30. The van der Waals surface area contributed by atoms with Crippen molar-refractivity contribution in [3.8, 4) is 0 Å². The number of thioether (sulfide) groups is 1. The number of nitrogens with two attached hydrogens (primary N) is 1. The molecule has 2 atom stereocenters. The molecule has 0 saturated heterocycles. The van der Waals surface area contributed by atoms with E-state index in [0.29, 0.717) is 6.04 Å². The largest absolute Gasteiger partial charge is 0.372 e. The van der Waals surface area contributed by atoms with Gasteiger partial charge in [-0.3, -0.25) is 0 Å². The van der Waals surface area contributed by atoms with Crippen LogP contribution in [0, 0.1) is 0 Å². The highest BCUT2D eigenvalue weighted by atomic mass is 32.2. The Morgan fingerprint density at radius 1 is 1.29 bits per heavy atom. The summed E-state index contributed by atoms with van der Waals surface area (Å²) in [6.07, 6.45) is 3.35. The molecule has 0 saturated carbocycles. The summed E-state index contributed by atoms with van der Waals surface area (Å²) in [5.74, 6) is 1.20. The zero-order valence-corrected chi connectivity index (χ0v) is 12.1. The van der Waals surface area contributed by atoms with Gasteiger partial charge in [0.2, 0.25) is 0 Å². The molecule has 0 aromatic heterocycles. The van der Waals surface area contributed by atoms with E-state index in [4.69, 9.17) is 5.73 Å². The molecule has 0 aliphatic heterocycles. The minimum atomic E-state index is 0.0846. The van der Waals surface area contributed by atoms with Crippen molar-refractivity contribution in [1.82, 2.24) is 0 Å². The monoisotopic (exact) mass is 252 g/mol. The molecule has 0 amide bonds. The molecule has 1 aromatic rings. The third kappa shape index (κ3) is 3.93. The van der Waals surface area contributed by atoms with E-state index >= 15 is 0 Å². The van der Waals surface area contributed by atoms with Gasteiger partial charge in [-0.1, -0.05) is 18.2 Å². The second-order valence-corrected chi connectivity index (χ2v) is 5.57. The van der Waals surface area contributed by atoms with Crippen molar-refractivity contribution in [2.45, 2.75) is 32.4 Å². The van der Waals surface area contributed by atoms with Gasteiger partial charge in [-0.2, -0.15) is 11.8 Å². The summed E-state index contributed by atoms with van der Waals surface area (Å²) in [6.45, 7) is 4.31. The van der Waals surface area contributed by atoms with Gasteiger partial charge in [-0.05, 0) is 43.9 Å². The van der Waals surface area contributed by atoms with Gasteiger partial charge in [0.1, 0.15) is 0 Å². The highest BCUT2D eigenvalue weighted by Crippen LogP contribution is 2.26. The van der Waals surface area contributed by atoms with Crippen molar-refractivity contribution in [2.75, 3.05) is 24.0 Å². The Balaban J connectivity index is 2.83. The molecule has 1 unspecified atom stereocenters. The SMILES string of the molecule is CSCCC(C)N(C)c1ccccc1[C@@H](C)N. The lowest BCUT2D eigenvalue weighted by molar-refractivity contribution is 0.662. The van der Waals surface area contributed by atoms with Gasteiger partial charge in [0.05, 0.1) is 0 Å². The number of anilines is 1. The van der Waals surface area contributed by atoms with Crippen LogP contribution >= 0.6 is 11.8 Å². The summed E-state index contributed by atoms with van der Waals surface area (Å²) in [6, 6.07) is 9.05. The molecule has 0 bridgehead atoms. The van der Waals surface area contributed by atoms with E-state index < -0.39 is 0 Å². The molecule has 1 rings (SSSR count). The maximum absolute atomic E-state index is 6.02. The quantitative estimate of drug-likeness (QED) is 0.842. The minimum Gasteiger partial charge on any atom is -0.372 e. The Kier molecular flexibility index (Phi) is 5.86. The molecular formula is C14H24N2S. The normalized spacial score (nSPS) is 14.4. The third-order valence-corrected chi connectivity index (χ3v) is 3.85. The fourth-order valence-electron chi connectivity index (χ4n) is 1.91. The standard InChI is InChI=1S/C14H24N2S/c1-11(9-10-17-4)16(3)14-8-6-5-7-13(14)12(2)15/h5-8,11-12H,9-10,15H2,1-4H3/t11?,12-/m1/s1. The fourth-order valence-corrected chi connectivity index (χ4v) is 2.49. The zero-order chi connectivity index (χ0) is 12.8. The van der Waals surface area contributed by atoms with Gasteiger partial charge in [0.15, 0.2) is 0 Å². The van der Waals surface area contributed by atoms with Crippen LogP contribution in [0.15, 0.2) is 24.3 Å². The summed E-state index contributed by atoms with van der Waals surface area (Å²) in [5.41, 5.74) is 8.51. The van der Waals surface area contributed by atoms with Crippen LogP contribution in [0.2, 0.25) is 0 Å². The number of rotatable bonds is 6. The Labute approximate surface area is 110 Å². The molecule has 0 radical (unpaired) electrons. The van der Waals surface area contributed by atoms with E-state index in [9.17, 15) is 0 Å². The number of benzene rings is 1. The van der Waals surface area contributed by atoms with Gasteiger partial charge in [0.25, 0.3) is 0 Å². The molecule has 17 heavy (non-hydrogen) atoms. The maximum Gasteiger partial charge on any atom is 0.0414 e. The number of hydrogen-bond acceptors (Lipinski definition) is 3. The highest BCUT2D eigenvalue weighted by molar-refractivity contribution is 7.98. The van der Waals surface area contributed by atoms with E-state index in [-0.39, 0.29) is 6.04 Å². The average molecular weight is 252 g/mol. The molecule has 0 aliphatic carbocycles. The lowest BCUT2D eigenvalue weighted by Gasteiger charge is -2.30. The van der Waals surface area contributed by atoms with Crippen LogP contribution in [0.1, 0.15) is 31.9 Å². The predicted molar refractivity (Wildman–Crippen MR) is 79.9 cm³/mol. The van der Waals surface area contributed by atoms with E-state index in [1.54, 1.807) is 0 Å². The first kappa shape index (κ1) is 14.4. The first-order chi connectivity index (χ1) is 8.07. The van der Waals surface area contributed by atoms with Crippen LogP contribution in [-0.2, 0) is 0 Å². The van der Waals surface area contributed by atoms with Gasteiger partial charge < -0.3 is 10.6 Å². The van der Waals surface area contributed by atoms with Crippen molar-refractivity contribution in [2.24, 2.45) is 5.73 Å². The van der Waals surface area contributed by atoms with Gasteiger partial charge >= 0.3 is 0 Å². The van der Waals surface area contributed by atoms with Gasteiger partial charge in [-0.25, -0.2) is 0 Å². The van der Waals surface area contributed by atoms with Crippen molar-refractivity contribution in [3.05, 3.63) is 29.8 Å². The summed E-state index contributed by atoms with van der Waals surface area (Å²) < 4.78 is 0. The summed E-state index contributed by atoms with van der Waals surface area (Å²) >= 11 is 1.90. The minimum absolute atomic E-state index is 0.0846. The molecule has 1 aromatic carbocycles. The average Bonchev–Trinajstić information content (AvgIpc) is 2.34. The fraction of sp³-hybridized carbons (Fsp3) is 0.571. The molecule has 0 spiro atoms. The summed E-state index contributed by atoms with van der Waals surface area (Å²) in [7, 11) is 2.16. The van der Waals surface area contributed by atoms with Crippen molar-refractivity contribution in [1.29, 1.82) is 0 Å². The second kappa shape index (κ2) is 6.92. The smallest absolute Gasteiger partial charge is 0.0414 e. The number of nitrogens with zero attached hydrogens (tertiary/aromatic N) is 1. The van der Waals surface area contributed by atoms with Gasteiger partial charge in [-0.15, -0.1) is 0 Å². The maximum atomic E-state index is 6.02. The van der Waals surface area contributed by atoms with Crippen molar-refractivity contribution < 1.29 is 0 Å². The highest BCUT2D eigenvalue weighted by Gasteiger charge is 2.14. The van der Waals surface area contributed by atoms with E-state index in [0.717, 1.165) is 0 Å². The van der Waals surface area contributed by atoms with Crippen LogP contribution in [-0.4, -0.2) is 25.1 Å². The van der Waals surface area contributed by atoms with Crippen LogP contribution in [0.4, 0.5) is 5.69 Å². The van der Waals surface area contributed by atoms with Gasteiger partial charge in [0, 0.05) is 24.8 Å². The topological polar surface area (TPSA) is 29.3 Å². The molecule has 0 fully saturated rings. The van der Waals surface area contributed by atoms with Crippen LogP contribution in [0.3, 0.4) is 0 Å². The predicted octanol–water partition coefficient (Wildman–Crippen LogP) is 3.28. The molecular weight excluding hydrogens is 228 g/mol. The molecule has 0 heterocycles. The Hall–Kier alpha value is -0.670. The van der Waals surface area contributed by atoms with Crippen LogP contribution in [0.25, 0.3) is 0 Å². The number of para-hydroxylation sites is 1. The summed E-state index contributed by atoms with van der Waals surface area (Å²) in [5, 5.41) is 0. The van der Waals surface area contributed by atoms with Crippen LogP contribution < -0.4 is 10.6 Å². The van der Waals surface area contributed by atoms with Crippen molar-refractivity contribution in [3.63, 3.8) is 0 Å². The van der Waals surface area contributed by atoms with Crippen LogP contribution in [0.5, 0.6) is 0 Å². The van der Waals surface area contributed by atoms with E-state index in [1.165, 1.54) is 23.4 Å². The summed E-state index contributed by atoms with van der Waals surface area (Å²) in [4.78, 5) is 2.34. The molecule has 96 valence electrons. The van der Waals surface area contributed by atoms with Crippen molar-refractivity contribution >= 4 is 17.4 Å². The third-order valence-electron chi connectivity index (χ3n) is 3.21. The lowest BCUT2D eigenvalue weighted by atomic mass is 10.0. The van der Waals surface area contributed by atoms with E-state index in [2.05, 4.69) is 49.4 Å². The Morgan fingerprint density at radius 3 is 2.53 bits per heavy atom. The second-order valence-electron chi connectivity index (χ2n) is 4.59. The molecule has 0 aliphatic rings.